The van der Waals surface area contributed by atoms with Crippen LogP contribution in [0.1, 0.15) is 16.7 Å². The van der Waals surface area contributed by atoms with Gasteiger partial charge in [0.15, 0.2) is 0 Å². The number of aliphatic hydroxyl groups excluding tert-OH is 1. The summed E-state index contributed by atoms with van der Waals surface area (Å²) in [6.07, 6.45) is 0. The SMILES string of the molecule is Cc1ccccc1NC(=O)CNCc1cccc(CO)c1. The first-order valence-electron chi connectivity index (χ1n) is 6.94. The fourth-order valence-electron chi connectivity index (χ4n) is 2.07. The van der Waals surface area contributed by atoms with Gasteiger partial charge in [0.1, 0.15) is 0 Å². The van der Waals surface area contributed by atoms with E-state index in [0.29, 0.717) is 6.54 Å². The number of carbonyl (C=O) groups is 1. The van der Waals surface area contributed by atoms with Gasteiger partial charge >= 0.3 is 0 Å². The number of hydrogen-bond acceptors (Lipinski definition) is 3. The number of anilines is 1. The highest BCUT2D eigenvalue weighted by Crippen LogP contribution is 2.12. The van der Waals surface area contributed by atoms with Crippen molar-refractivity contribution in [1.29, 1.82) is 0 Å². The van der Waals surface area contributed by atoms with Crippen molar-refractivity contribution in [3.8, 4) is 0 Å². The molecule has 0 bridgehead atoms. The van der Waals surface area contributed by atoms with Crippen molar-refractivity contribution < 1.29 is 9.90 Å². The van der Waals surface area contributed by atoms with Gasteiger partial charge in [0.25, 0.3) is 0 Å². The van der Waals surface area contributed by atoms with Gasteiger partial charge in [0.2, 0.25) is 5.91 Å². The van der Waals surface area contributed by atoms with Crippen molar-refractivity contribution in [2.75, 3.05) is 11.9 Å². The van der Waals surface area contributed by atoms with Gasteiger partial charge < -0.3 is 15.7 Å². The average molecular weight is 284 g/mol. The fraction of sp³-hybridized carbons (Fsp3) is 0.235. The normalized spacial score (nSPS) is 10.4. The maximum absolute atomic E-state index is 11.9. The smallest absolute Gasteiger partial charge is 0.238 e. The van der Waals surface area contributed by atoms with E-state index in [2.05, 4.69) is 10.6 Å². The number of aliphatic hydroxyl groups is 1. The third-order valence-electron chi connectivity index (χ3n) is 3.21. The average Bonchev–Trinajstić information content (AvgIpc) is 2.50. The number of hydrogen-bond donors (Lipinski definition) is 3. The number of amides is 1. The maximum atomic E-state index is 11.9. The number of benzene rings is 2. The molecule has 0 saturated heterocycles. The third-order valence-corrected chi connectivity index (χ3v) is 3.21. The lowest BCUT2D eigenvalue weighted by atomic mass is 10.1. The molecule has 2 rings (SSSR count). The summed E-state index contributed by atoms with van der Waals surface area (Å²) in [5.74, 6) is -0.0670. The number of rotatable bonds is 6. The van der Waals surface area contributed by atoms with Crippen molar-refractivity contribution >= 4 is 11.6 Å². The monoisotopic (exact) mass is 284 g/mol. The number of carbonyl (C=O) groups excluding carboxylic acids is 1. The lowest BCUT2D eigenvalue weighted by Gasteiger charge is -2.09. The topological polar surface area (TPSA) is 61.4 Å². The zero-order chi connectivity index (χ0) is 15.1. The molecule has 4 nitrogen and oxygen atoms in total. The largest absolute Gasteiger partial charge is 0.392 e. The molecule has 0 heterocycles. The van der Waals surface area contributed by atoms with E-state index in [-0.39, 0.29) is 19.1 Å². The van der Waals surface area contributed by atoms with Crippen molar-refractivity contribution in [2.45, 2.75) is 20.1 Å². The molecule has 0 atom stereocenters. The van der Waals surface area contributed by atoms with E-state index in [1.807, 2.05) is 55.5 Å². The zero-order valence-corrected chi connectivity index (χ0v) is 12.1. The van der Waals surface area contributed by atoms with Crippen LogP contribution >= 0.6 is 0 Å². The predicted molar refractivity (Wildman–Crippen MR) is 83.9 cm³/mol. The molecule has 4 heteroatoms. The van der Waals surface area contributed by atoms with Gasteiger partial charge in [-0.3, -0.25) is 4.79 Å². The summed E-state index contributed by atoms with van der Waals surface area (Å²) in [5.41, 5.74) is 3.80. The van der Waals surface area contributed by atoms with Crippen LogP contribution in [0.3, 0.4) is 0 Å². The first kappa shape index (κ1) is 15.2. The molecule has 0 aliphatic carbocycles. The summed E-state index contributed by atoms with van der Waals surface area (Å²) in [6.45, 7) is 2.83. The Morgan fingerprint density at radius 1 is 1.10 bits per heavy atom. The minimum Gasteiger partial charge on any atom is -0.392 e. The molecule has 2 aromatic rings. The molecule has 0 fully saturated rings. The van der Waals surface area contributed by atoms with Crippen LogP contribution < -0.4 is 10.6 Å². The van der Waals surface area contributed by atoms with Gasteiger partial charge in [-0.2, -0.15) is 0 Å². The molecule has 0 saturated carbocycles. The van der Waals surface area contributed by atoms with Gasteiger partial charge in [0, 0.05) is 12.2 Å². The van der Waals surface area contributed by atoms with Gasteiger partial charge in [-0.05, 0) is 29.7 Å². The number of nitrogens with one attached hydrogen (secondary N) is 2. The van der Waals surface area contributed by atoms with Crippen molar-refractivity contribution in [1.82, 2.24) is 5.32 Å². The Kier molecular flexibility index (Phi) is 5.49. The van der Waals surface area contributed by atoms with Crippen LogP contribution in [0.15, 0.2) is 48.5 Å². The van der Waals surface area contributed by atoms with Crippen LogP contribution in [0.4, 0.5) is 5.69 Å². The summed E-state index contributed by atoms with van der Waals surface area (Å²) in [5, 5.41) is 15.1. The van der Waals surface area contributed by atoms with Crippen molar-refractivity contribution in [3.05, 3.63) is 65.2 Å². The Labute approximate surface area is 124 Å². The molecular weight excluding hydrogens is 264 g/mol. The van der Waals surface area contributed by atoms with Gasteiger partial charge in [0.05, 0.1) is 13.2 Å². The highest BCUT2D eigenvalue weighted by atomic mass is 16.3. The van der Waals surface area contributed by atoms with E-state index in [1.165, 1.54) is 0 Å². The van der Waals surface area contributed by atoms with E-state index in [9.17, 15) is 4.79 Å². The summed E-state index contributed by atoms with van der Waals surface area (Å²) in [7, 11) is 0. The van der Waals surface area contributed by atoms with Gasteiger partial charge in [-0.1, -0.05) is 42.5 Å². The quantitative estimate of drug-likeness (QED) is 0.762. The van der Waals surface area contributed by atoms with Crippen molar-refractivity contribution in [3.63, 3.8) is 0 Å². The lowest BCUT2D eigenvalue weighted by Crippen LogP contribution is -2.28. The molecule has 0 unspecified atom stereocenters. The molecule has 1 amide bonds. The highest BCUT2D eigenvalue weighted by molar-refractivity contribution is 5.92. The molecule has 2 aromatic carbocycles. The van der Waals surface area contributed by atoms with E-state index >= 15 is 0 Å². The first-order chi connectivity index (χ1) is 10.2. The first-order valence-corrected chi connectivity index (χ1v) is 6.94. The summed E-state index contributed by atoms with van der Waals surface area (Å²) in [4.78, 5) is 11.9. The second-order valence-corrected chi connectivity index (χ2v) is 4.94. The summed E-state index contributed by atoms with van der Waals surface area (Å²) < 4.78 is 0. The number of aryl methyl sites for hydroxylation is 1. The minimum atomic E-state index is -0.0670. The van der Waals surface area contributed by atoms with E-state index in [0.717, 1.165) is 22.4 Å². The molecule has 21 heavy (non-hydrogen) atoms. The van der Waals surface area contributed by atoms with E-state index in [1.54, 1.807) is 0 Å². The lowest BCUT2D eigenvalue weighted by molar-refractivity contribution is -0.115. The van der Waals surface area contributed by atoms with E-state index < -0.39 is 0 Å². The molecule has 0 radical (unpaired) electrons. The van der Waals surface area contributed by atoms with Gasteiger partial charge in [-0.15, -0.1) is 0 Å². The number of para-hydroxylation sites is 1. The highest BCUT2D eigenvalue weighted by Gasteiger charge is 2.04. The summed E-state index contributed by atoms with van der Waals surface area (Å²) >= 11 is 0. The predicted octanol–water partition coefficient (Wildman–Crippen LogP) is 2.22. The maximum Gasteiger partial charge on any atom is 0.238 e. The second kappa shape index (κ2) is 7.57. The fourth-order valence-corrected chi connectivity index (χ4v) is 2.07. The summed E-state index contributed by atoms with van der Waals surface area (Å²) in [6, 6.07) is 15.3. The molecule has 0 aliphatic heterocycles. The minimum absolute atomic E-state index is 0.0294. The Balaban J connectivity index is 1.80. The molecule has 0 spiro atoms. The Morgan fingerprint density at radius 3 is 2.62 bits per heavy atom. The van der Waals surface area contributed by atoms with Crippen LogP contribution in [-0.4, -0.2) is 17.6 Å². The van der Waals surface area contributed by atoms with Crippen LogP contribution in [-0.2, 0) is 17.9 Å². The third kappa shape index (κ3) is 4.70. The van der Waals surface area contributed by atoms with Crippen LogP contribution in [0.2, 0.25) is 0 Å². The Hall–Kier alpha value is -2.17. The molecule has 0 aliphatic rings. The van der Waals surface area contributed by atoms with Gasteiger partial charge in [-0.25, -0.2) is 0 Å². The van der Waals surface area contributed by atoms with Crippen LogP contribution in [0, 0.1) is 6.92 Å². The molecule has 3 N–H and O–H groups in total. The van der Waals surface area contributed by atoms with Crippen molar-refractivity contribution in [2.24, 2.45) is 0 Å². The molecule has 110 valence electrons. The standard InChI is InChI=1S/C17H20N2O2/c1-13-5-2-3-8-16(13)19-17(21)11-18-10-14-6-4-7-15(9-14)12-20/h2-9,18,20H,10-12H2,1H3,(H,19,21). The second-order valence-electron chi connectivity index (χ2n) is 4.94. The zero-order valence-electron chi connectivity index (χ0n) is 12.1. The Bertz CT molecular complexity index is 611. The molecular formula is C17H20N2O2. The van der Waals surface area contributed by atoms with Crippen LogP contribution in [0.5, 0.6) is 0 Å². The van der Waals surface area contributed by atoms with Crippen LogP contribution in [0.25, 0.3) is 0 Å². The Morgan fingerprint density at radius 2 is 1.86 bits per heavy atom. The molecule has 0 aromatic heterocycles. The van der Waals surface area contributed by atoms with E-state index in [4.69, 9.17) is 5.11 Å².